The Morgan fingerprint density at radius 2 is 1.50 bits per heavy atom. The second-order valence-corrected chi connectivity index (χ2v) is 7.58. The molecule has 3 amide bonds. The number of anilines is 1. The van der Waals surface area contributed by atoms with Crippen LogP contribution >= 0.6 is 0 Å². The zero-order valence-corrected chi connectivity index (χ0v) is 15.7. The standard InChI is InChI=1S/C21H24FN3O3/c22-15-5-7-16(8-6-15)23-11-13-24(14-12-23)19(26)9-10-25-20(27)17-3-1-2-4-18(17)21(25)28/h1-2,5-8,17-18H,3-4,9-14H2/t17-,18+. The second-order valence-electron chi connectivity index (χ2n) is 7.58. The van der Waals surface area contributed by atoms with Crippen molar-refractivity contribution in [2.45, 2.75) is 19.3 Å². The fraction of sp³-hybridized carbons (Fsp3) is 0.476. The zero-order chi connectivity index (χ0) is 19.7. The molecule has 2 aliphatic heterocycles. The highest BCUT2D eigenvalue weighted by Gasteiger charge is 2.47. The minimum Gasteiger partial charge on any atom is -0.368 e. The van der Waals surface area contributed by atoms with Crippen LogP contribution in [0.25, 0.3) is 0 Å². The molecule has 0 aromatic heterocycles. The van der Waals surface area contributed by atoms with E-state index in [1.165, 1.54) is 17.0 Å². The Balaban J connectivity index is 1.28. The second kappa shape index (κ2) is 7.73. The molecule has 3 aliphatic rings. The summed E-state index contributed by atoms with van der Waals surface area (Å²) in [7, 11) is 0. The maximum absolute atomic E-state index is 13.1. The number of halogens is 1. The van der Waals surface area contributed by atoms with Crippen molar-refractivity contribution in [1.82, 2.24) is 9.80 Å². The third-order valence-electron chi connectivity index (χ3n) is 5.97. The highest BCUT2D eigenvalue weighted by molar-refractivity contribution is 6.05. The predicted octanol–water partition coefficient (Wildman–Crippen LogP) is 1.82. The quantitative estimate of drug-likeness (QED) is 0.586. The van der Waals surface area contributed by atoms with Crippen molar-refractivity contribution in [3.05, 3.63) is 42.2 Å². The number of carbonyl (C=O) groups excluding carboxylic acids is 3. The Morgan fingerprint density at radius 3 is 2.07 bits per heavy atom. The van der Waals surface area contributed by atoms with Crippen LogP contribution in [0.3, 0.4) is 0 Å². The highest BCUT2D eigenvalue weighted by atomic mass is 19.1. The van der Waals surface area contributed by atoms with Crippen molar-refractivity contribution < 1.29 is 18.8 Å². The van der Waals surface area contributed by atoms with Gasteiger partial charge in [0.1, 0.15) is 5.82 Å². The monoisotopic (exact) mass is 385 g/mol. The Hall–Kier alpha value is -2.70. The first-order valence-corrected chi connectivity index (χ1v) is 9.83. The molecule has 4 rings (SSSR count). The molecule has 1 aromatic carbocycles. The van der Waals surface area contributed by atoms with Gasteiger partial charge in [0.15, 0.2) is 0 Å². The Kier molecular flexibility index (Phi) is 5.15. The average molecular weight is 385 g/mol. The molecule has 7 heteroatoms. The average Bonchev–Trinajstić information content (AvgIpc) is 2.97. The largest absolute Gasteiger partial charge is 0.368 e. The Bertz CT molecular complexity index is 774. The van der Waals surface area contributed by atoms with E-state index in [0.29, 0.717) is 39.0 Å². The Labute approximate surface area is 163 Å². The number of carbonyl (C=O) groups is 3. The number of amides is 3. The van der Waals surface area contributed by atoms with E-state index >= 15 is 0 Å². The number of benzene rings is 1. The van der Waals surface area contributed by atoms with Crippen LogP contribution in [-0.2, 0) is 14.4 Å². The van der Waals surface area contributed by atoms with E-state index < -0.39 is 0 Å². The van der Waals surface area contributed by atoms with Crippen molar-refractivity contribution in [3.63, 3.8) is 0 Å². The molecule has 0 N–H and O–H groups in total. The number of nitrogens with zero attached hydrogens (tertiary/aromatic N) is 3. The van der Waals surface area contributed by atoms with Crippen LogP contribution in [0, 0.1) is 17.7 Å². The van der Waals surface area contributed by atoms with Crippen LogP contribution in [0.2, 0.25) is 0 Å². The molecule has 0 saturated carbocycles. The summed E-state index contributed by atoms with van der Waals surface area (Å²) in [6.07, 6.45) is 5.32. The highest BCUT2D eigenvalue weighted by Crippen LogP contribution is 2.35. The van der Waals surface area contributed by atoms with Gasteiger partial charge in [-0.3, -0.25) is 19.3 Å². The van der Waals surface area contributed by atoms with Crippen molar-refractivity contribution >= 4 is 23.4 Å². The smallest absolute Gasteiger partial charge is 0.233 e. The third kappa shape index (κ3) is 3.53. The van der Waals surface area contributed by atoms with Crippen LogP contribution in [0.5, 0.6) is 0 Å². The number of allylic oxidation sites excluding steroid dienone is 2. The van der Waals surface area contributed by atoms with Crippen LogP contribution in [0.4, 0.5) is 10.1 Å². The maximum atomic E-state index is 13.1. The van der Waals surface area contributed by atoms with Crippen LogP contribution < -0.4 is 4.90 Å². The first-order valence-electron chi connectivity index (χ1n) is 9.83. The first kappa shape index (κ1) is 18.7. The van der Waals surface area contributed by atoms with E-state index in [0.717, 1.165) is 5.69 Å². The first-order chi connectivity index (χ1) is 13.5. The third-order valence-corrected chi connectivity index (χ3v) is 5.97. The van der Waals surface area contributed by atoms with Crippen LogP contribution in [0.15, 0.2) is 36.4 Å². The molecule has 2 heterocycles. The molecule has 1 aliphatic carbocycles. The van der Waals surface area contributed by atoms with E-state index in [9.17, 15) is 18.8 Å². The Morgan fingerprint density at radius 1 is 0.929 bits per heavy atom. The van der Waals surface area contributed by atoms with Crippen molar-refractivity contribution in [2.75, 3.05) is 37.6 Å². The summed E-state index contributed by atoms with van der Waals surface area (Å²) in [5, 5.41) is 0. The normalized spacial score (nSPS) is 24.7. The van der Waals surface area contributed by atoms with Crippen molar-refractivity contribution in [3.8, 4) is 0 Å². The van der Waals surface area contributed by atoms with Gasteiger partial charge < -0.3 is 9.80 Å². The number of rotatable bonds is 4. The lowest BCUT2D eigenvalue weighted by Crippen LogP contribution is -2.49. The molecule has 2 saturated heterocycles. The summed E-state index contributed by atoms with van der Waals surface area (Å²) in [5.41, 5.74) is 0.943. The van der Waals surface area contributed by atoms with Crippen molar-refractivity contribution in [2.24, 2.45) is 11.8 Å². The topological polar surface area (TPSA) is 60.9 Å². The number of fused-ring (bicyclic) bond motifs is 1. The van der Waals surface area contributed by atoms with E-state index in [4.69, 9.17) is 0 Å². The lowest BCUT2D eigenvalue weighted by Gasteiger charge is -2.36. The van der Waals surface area contributed by atoms with Gasteiger partial charge in [-0.2, -0.15) is 0 Å². The molecular weight excluding hydrogens is 361 g/mol. The summed E-state index contributed by atoms with van der Waals surface area (Å²) >= 11 is 0. The van der Waals surface area contributed by atoms with Crippen LogP contribution in [0.1, 0.15) is 19.3 Å². The van der Waals surface area contributed by atoms with Gasteiger partial charge in [-0.05, 0) is 37.1 Å². The van der Waals surface area contributed by atoms with Gasteiger partial charge in [-0.1, -0.05) is 12.2 Å². The van der Waals surface area contributed by atoms with Gasteiger partial charge in [0, 0.05) is 44.8 Å². The molecule has 6 nitrogen and oxygen atoms in total. The minimum atomic E-state index is -0.265. The molecule has 1 aromatic rings. The number of imide groups is 1. The minimum absolute atomic E-state index is 0.0349. The van der Waals surface area contributed by atoms with Gasteiger partial charge in [-0.15, -0.1) is 0 Å². The molecule has 0 spiro atoms. The molecule has 2 fully saturated rings. The zero-order valence-electron chi connectivity index (χ0n) is 15.7. The number of piperazine rings is 1. The lowest BCUT2D eigenvalue weighted by molar-refractivity contribution is -0.140. The number of likely N-dealkylation sites (tertiary alicyclic amines) is 1. The molecule has 2 atom stereocenters. The number of hydrogen-bond acceptors (Lipinski definition) is 4. The molecule has 148 valence electrons. The van der Waals surface area contributed by atoms with E-state index in [-0.39, 0.29) is 48.3 Å². The number of hydrogen-bond donors (Lipinski definition) is 0. The van der Waals surface area contributed by atoms with Gasteiger partial charge in [0.25, 0.3) is 0 Å². The maximum Gasteiger partial charge on any atom is 0.233 e. The summed E-state index contributed by atoms with van der Waals surface area (Å²) in [5.74, 6) is -1.05. The SMILES string of the molecule is O=C(CCN1C(=O)[C@H]2CC=CC[C@H]2C1=O)N1CCN(c2ccc(F)cc2)CC1. The summed E-state index contributed by atoms with van der Waals surface area (Å²) in [4.78, 5) is 42.7. The molecule has 28 heavy (non-hydrogen) atoms. The molecule has 0 radical (unpaired) electrons. The lowest BCUT2D eigenvalue weighted by atomic mass is 9.85. The summed E-state index contributed by atoms with van der Waals surface area (Å²) in [6.45, 7) is 2.67. The van der Waals surface area contributed by atoms with Gasteiger partial charge >= 0.3 is 0 Å². The van der Waals surface area contributed by atoms with Gasteiger partial charge in [-0.25, -0.2) is 4.39 Å². The molecule has 0 bridgehead atoms. The predicted molar refractivity (Wildman–Crippen MR) is 102 cm³/mol. The molecule has 0 unspecified atom stereocenters. The van der Waals surface area contributed by atoms with Gasteiger partial charge in [0.05, 0.1) is 11.8 Å². The van der Waals surface area contributed by atoms with Crippen molar-refractivity contribution in [1.29, 1.82) is 0 Å². The fourth-order valence-electron chi connectivity index (χ4n) is 4.32. The van der Waals surface area contributed by atoms with E-state index in [2.05, 4.69) is 4.90 Å². The molecular formula is C21H24FN3O3. The van der Waals surface area contributed by atoms with E-state index in [1.807, 2.05) is 12.2 Å². The summed E-state index contributed by atoms with van der Waals surface area (Å²) in [6, 6.07) is 6.35. The van der Waals surface area contributed by atoms with Gasteiger partial charge in [0.2, 0.25) is 17.7 Å². The van der Waals surface area contributed by atoms with E-state index in [1.54, 1.807) is 17.0 Å². The fourth-order valence-corrected chi connectivity index (χ4v) is 4.32. The summed E-state index contributed by atoms with van der Waals surface area (Å²) < 4.78 is 13.1. The van der Waals surface area contributed by atoms with Crippen LogP contribution in [-0.4, -0.2) is 60.2 Å².